The van der Waals surface area contributed by atoms with Gasteiger partial charge >= 0.3 is 6.18 Å². The molecule has 0 bridgehead atoms. The Morgan fingerprint density at radius 3 is 2.47 bits per heavy atom. The van der Waals surface area contributed by atoms with E-state index >= 15 is 0 Å². The van der Waals surface area contributed by atoms with Crippen LogP contribution in [0.15, 0.2) is 24.3 Å². The van der Waals surface area contributed by atoms with Gasteiger partial charge in [-0.25, -0.2) is 0 Å². The van der Waals surface area contributed by atoms with Crippen LogP contribution in [0.2, 0.25) is 0 Å². The molecule has 0 spiro atoms. The Bertz CT molecular complexity index is 399. The quantitative estimate of drug-likeness (QED) is 0.883. The molecular formula is C13H17F3N2O. The first-order valence-electron chi connectivity index (χ1n) is 6.25. The highest BCUT2D eigenvalue weighted by atomic mass is 19.4. The van der Waals surface area contributed by atoms with E-state index in [0.717, 1.165) is 31.6 Å². The van der Waals surface area contributed by atoms with Gasteiger partial charge in [0.2, 0.25) is 0 Å². The van der Waals surface area contributed by atoms with E-state index in [0.29, 0.717) is 18.2 Å². The Labute approximate surface area is 109 Å². The second-order valence-corrected chi connectivity index (χ2v) is 4.67. The molecule has 0 amide bonds. The van der Waals surface area contributed by atoms with Crippen LogP contribution in [0.5, 0.6) is 5.75 Å². The highest BCUT2D eigenvalue weighted by molar-refractivity contribution is 5.29. The monoisotopic (exact) mass is 274 g/mol. The van der Waals surface area contributed by atoms with Crippen molar-refractivity contribution in [3.05, 3.63) is 29.8 Å². The summed E-state index contributed by atoms with van der Waals surface area (Å²) in [4.78, 5) is 0. The number of halogens is 3. The number of hydrogen-bond donors (Lipinski definition) is 2. The molecule has 6 heteroatoms. The van der Waals surface area contributed by atoms with Crippen molar-refractivity contribution < 1.29 is 17.9 Å². The molecule has 3 nitrogen and oxygen atoms in total. The molecule has 106 valence electrons. The molecule has 0 unspecified atom stereocenters. The van der Waals surface area contributed by atoms with Gasteiger partial charge in [0.05, 0.1) is 5.56 Å². The Kier molecular flexibility index (Phi) is 4.31. The second-order valence-electron chi connectivity index (χ2n) is 4.67. The van der Waals surface area contributed by atoms with Gasteiger partial charge < -0.3 is 15.8 Å². The fourth-order valence-corrected chi connectivity index (χ4v) is 2.23. The summed E-state index contributed by atoms with van der Waals surface area (Å²) in [5.74, 6) is 0.739. The summed E-state index contributed by atoms with van der Waals surface area (Å²) >= 11 is 0. The van der Waals surface area contributed by atoms with Crippen LogP contribution in [0.1, 0.15) is 12.0 Å². The van der Waals surface area contributed by atoms with Crippen molar-refractivity contribution >= 4 is 0 Å². The van der Waals surface area contributed by atoms with Gasteiger partial charge in [-0.2, -0.15) is 13.2 Å². The largest absolute Gasteiger partial charge is 0.489 e. The summed E-state index contributed by atoms with van der Waals surface area (Å²) in [6, 6.07) is 4.73. The molecule has 2 rings (SSSR count). The van der Waals surface area contributed by atoms with Gasteiger partial charge in [-0.3, -0.25) is 0 Å². The van der Waals surface area contributed by atoms with E-state index in [2.05, 4.69) is 5.32 Å². The summed E-state index contributed by atoms with van der Waals surface area (Å²) in [7, 11) is 0. The zero-order chi connectivity index (χ0) is 13.9. The van der Waals surface area contributed by atoms with E-state index in [4.69, 9.17) is 10.5 Å². The molecule has 1 fully saturated rings. The van der Waals surface area contributed by atoms with Crippen molar-refractivity contribution in [3.8, 4) is 5.75 Å². The van der Waals surface area contributed by atoms with Crippen LogP contribution in [0.4, 0.5) is 13.2 Å². The lowest BCUT2D eigenvalue weighted by molar-refractivity contribution is -0.137. The minimum absolute atomic E-state index is 0.160. The predicted octanol–water partition coefficient (Wildman–Crippen LogP) is 2.02. The number of rotatable bonds is 4. The molecule has 2 atom stereocenters. The molecule has 0 aromatic heterocycles. The summed E-state index contributed by atoms with van der Waals surface area (Å²) in [6.07, 6.45) is -3.50. The summed E-state index contributed by atoms with van der Waals surface area (Å²) in [6.45, 7) is 2.12. The fourth-order valence-electron chi connectivity index (χ4n) is 2.23. The van der Waals surface area contributed by atoms with Crippen LogP contribution in [-0.4, -0.2) is 25.7 Å². The number of ether oxygens (including phenoxy) is 1. The van der Waals surface area contributed by atoms with Crippen LogP contribution >= 0.6 is 0 Å². The average molecular weight is 274 g/mol. The summed E-state index contributed by atoms with van der Waals surface area (Å²) < 4.78 is 43.0. The summed E-state index contributed by atoms with van der Waals surface area (Å²) in [5.41, 5.74) is 4.99. The number of alkyl halides is 3. The molecule has 1 heterocycles. The maximum absolute atomic E-state index is 12.4. The fraction of sp³-hybridized carbons (Fsp3) is 0.538. The molecule has 3 N–H and O–H groups in total. The Morgan fingerprint density at radius 2 is 2.00 bits per heavy atom. The molecule has 1 aromatic carbocycles. The van der Waals surface area contributed by atoms with Crippen molar-refractivity contribution in [3.63, 3.8) is 0 Å². The van der Waals surface area contributed by atoms with Crippen LogP contribution in [0.25, 0.3) is 0 Å². The van der Waals surface area contributed by atoms with Gasteiger partial charge in [0.15, 0.2) is 0 Å². The van der Waals surface area contributed by atoms with Gasteiger partial charge in [-0.1, -0.05) is 0 Å². The van der Waals surface area contributed by atoms with Crippen LogP contribution in [0.3, 0.4) is 0 Å². The third kappa shape index (κ3) is 3.61. The molecule has 0 saturated carbocycles. The lowest BCUT2D eigenvalue weighted by Gasteiger charge is -2.23. The van der Waals surface area contributed by atoms with Gasteiger partial charge in [-0.15, -0.1) is 0 Å². The van der Waals surface area contributed by atoms with Crippen molar-refractivity contribution in [2.24, 2.45) is 11.7 Å². The van der Waals surface area contributed by atoms with E-state index in [-0.39, 0.29) is 6.10 Å². The lowest BCUT2D eigenvalue weighted by atomic mass is 10.0. The predicted molar refractivity (Wildman–Crippen MR) is 65.9 cm³/mol. The van der Waals surface area contributed by atoms with Crippen LogP contribution in [0, 0.1) is 5.92 Å². The van der Waals surface area contributed by atoms with Gasteiger partial charge in [0, 0.05) is 19.0 Å². The highest BCUT2D eigenvalue weighted by Crippen LogP contribution is 2.30. The minimum Gasteiger partial charge on any atom is -0.489 e. The molecule has 1 aliphatic rings. The minimum atomic E-state index is -4.32. The number of nitrogens with one attached hydrogen (secondary N) is 1. The molecule has 1 aromatic rings. The molecule has 0 aliphatic carbocycles. The van der Waals surface area contributed by atoms with Crippen molar-refractivity contribution in [1.82, 2.24) is 5.32 Å². The molecule has 19 heavy (non-hydrogen) atoms. The third-order valence-electron chi connectivity index (χ3n) is 3.33. The Morgan fingerprint density at radius 1 is 1.32 bits per heavy atom. The van der Waals surface area contributed by atoms with E-state index in [1.807, 2.05) is 0 Å². The van der Waals surface area contributed by atoms with E-state index in [1.54, 1.807) is 0 Å². The van der Waals surface area contributed by atoms with Crippen molar-refractivity contribution in [2.45, 2.75) is 18.7 Å². The maximum atomic E-state index is 12.4. The molecular weight excluding hydrogens is 257 g/mol. The highest BCUT2D eigenvalue weighted by Gasteiger charge is 2.30. The zero-order valence-electron chi connectivity index (χ0n) is 10.4. The zero-order valence-corrected chi connectivity index (χ0v) is 10.4. The van der Waals surface area contributed by atoms with Crippen molar-refractivity contribution in [1.29, 1.82) is 0 Å². The maximum Gasteiger partial charge on any atom is 0.416 e. The SMILES string of the molecule is NC[C@@H](Oc1ccc(C(F)(F)F)cc1)[C@H]1CCNC1. The molecule has 1 aliphatic heterocycles. The topological polar surface area (TPSA) is 47.3 Å². The van der Waals surface area contributed by atoms with Gasteiger partial charge in [0.25, 0.3) is 0 Å². The smallest absolute Gasteiger partial charge is 0.416 e. The average Bonchev–Trinajstić information content (AvgIpc) is 2.89. The first-order chi connectivity index (χ1) is 9.00. The first-order valence-corrected chi connectivity index (χ1v) is 6.25. The first kappa shape index (κ1) is 14.1. The standard InChI is InChI=1S/C13H17F3N2O/c14-13(15,16)10-1-3-11(4-2-10)19-12(7-17)9-5-6-18-8-9/h1-4,9,12,18H,5-8,17H2/t9-,12+/m0/s1. The van der Waals surface area contributed by atoms with Crippen LogP contribution in [-0.2, 0) is 6.18 Å². The molecule has 1 saturated heterocycles. The van der Waals surface area contributed by atoms with E-state index in [1.165, 1.54) is 12.1 Å². The van der Waals surface area contributed by atoms with Crippen molar-refractivity contribution in [2.75, 3.05) is 19.6 Å². The molecule has 0 radical (unpaired) electrons. The number of nitrogens with two attached hydrogens (primary N) is 1. The number of benzene rings is 1. The lowest BCUT2D eigenvalue weighted by Crippen LogP contribution is -2.35. The second kappa shape index (κ2) is 5.79. The van der Waals surface area contributed by atoms with Gasteiger partial charge in [0.1, 0.15) is 11.9 Å². The third-order valence-corrected chi connectivity index (χ3v) is 3.33. The normalized spacial score (nSPS) is 21.4. The summed E-state index contributed by atoms with van der Waals surface area (Å²) in [5, 5.41) is 3.22. The van der Waals surface area contributed by atoms with Crippen LogP contribution < -0.4 is 15.8 Å². The number of hydrogen-bond acceptors (Lipinski definition) is 3. The Balaban J connectivity index is 2.01. The van der Waals surface area contributed by atoms with E-state index < -0.39 is 11.7 Å². The van der Waals surface area contributed by atoms with Gasteiger partial charge in [-0.05, 0) is 37.2 Å². The van der Waals surface area contributed by atoms with E-state index in [9.17, 15) is 13.2 Å². The Hall–Kier alpha value is -1.27.